The summed E-state index contributed by atoms with van der Waals surface area (Å²) in [7, 11) is 2.08. The third-order valence-electron chi connectivity index (χ3n) is 3.55. The Morgan fingerprint density at radius 2 is 1.80 bits per heavy atom. The fourth-order valence-corrected chi connectivity index (χ4v) is 2.36. The van der Waals surface area contributed by atoms with Crippen LogP contribution >= 0.6 is 0 Å². The smallest absolute Gasteiger partial charge is 0.0110 e. The van der Waals surface area contributed by atoms with Crippen molar-refractivity contribution in [3.05, 3.63) is 0 Å². The first-order valence-corrected chi connectivity index (χ1v) is 6.27. The van der Waals surface area contributed by atoms with Crippen molar-refractivity contribution in [1.29, 1.82) is 0 Å². The minimum atomic E-state index is 0.648. The van der Waals surface area contributed by atoms with E-state index in [1.54, 1.807) is 0 Å². The van der Waals surface area contributed by atoms with Crippen LogP contribution in [-0.4, -0.2) is 50.2 Å². The zero-order chi connectivity index (χ0) is 11.3. The Bertz CT molecular complexity index is 164. The molecule has 0 aromatic heterocycles. The molecule has 0 spiro atoms. The maximum atomic E-state index is 3.43. The molecule has 2 atom stereocenters. The summed E-state index contributed by atoms with van der Waals surface area (Å²) >= 11 is 0. The predicted octanol–water partition coefficient (Wildman–Crippen LogP) is 0.914. The van der Waals surface area contributed by atoms with Crippen molar-refractivity contribution in [3.63, 3.8) is 0 Å². The van der Waals surface area contributed by atoms with E-state index >= 15 is 0 Å². The van der Waals surface area contributed by atoms with Crippen molar-refractivity contribution >= 4 is 0 Å². The Balaban J connectivity index is 2.34. The van der Waals surface area contributed by atoms with Crippen LogP contribution in [-0.2, 0) is 0 Å². The van der Waals surface area contributed by atoms with Gasteiger partial charge in [0.05, 0.1) is 0 Å². The molecule has 3 nitrogen and oxygen atoms in total. The van der Waals surface area contributed by atoms with Crippen LogP contribution < -0.4 is 10.6 Å². The van der Waals surface area contributed by atoms with Gasteiger partial charge in [0.15, 0.2) is 0 Å². The highest BCUT2D eigenvalue weighted by Gasteiger charge is 2.20. The fraction of sp³-hybridized carbons (Fsp3) is 1.00. The van der Waals surface area contributed by atoms with Gasteiger partial charge in [-0.05, 0) is 26.3 Å². The maximum Gasteiger partial charge on any atom is 0.0110 e. The van der Waals surface area contributed by atoms with E-state index in [4.69, 9.17) is 0 Å². The Hall–Kier alpha value is -0.120. The zero-order valence-corrected chi connectivity index (χ0v) is 10.7. The Morgan fingerprint density at radius 1 is 1.20 bits per heavy atom. The highest BCUT2D eigenvalue weighted by Crippen LogP contribution is 2.13. The first kappa shape index (κ1) is 12.9. The molecular formula is C12H27N3. The molecule has 1 fully saturated rings. The van der Waals surface area contributed by atoms with Gasteiger partial charge in [-0.15, -0.1) is 0 Å². The average molecular weight is 213 g/mol. The summed E-state index contributed by atoms with van der Waals surface area (Å²) in [6.07, 6.45) is 1.26. The number of piperazine rings is 1. The molecule has 1 heterocycles. The molecule has 90 valence electrons. The summed E-state index contributed by atoms with van der Waals surface area (Å²) in [6.45, 7) is 11.7. The minimum Gasteiger partial charge on any atom is -0.317 e. The average Bonchev–Trinajstić information content (AvgIpc) is 2.26. The van der Waals surface area contributed by atoms with Crippen LogP contribution in [0.5, 0.6) is 0 Å². The van der Waals surface area contributed by atoms with Gasteiger partial charge in [0.2, 0.25) is 0 Å². The van der Waals surface area contributed by atoms with Crippen LogP contribution in [0, 0.1) is 5.92 Å². The van der Waals surface area contributed by atoms with Crippen LogP contribution in [0.1, 0.15) is 27.2 Å². The molecule has 2 N–H and O–H groups in total. The summed E-state index contributed by atoms with van der Waals surface area (Å²) in [5, 5.41) is 6.83. The predicted molar refractivity (Wildman–Crippen MR) is 66.2 cm³/mol. The van der Waals surface area contributed by atoms with Crippen molar-refractivity contribution in [3.8, 4) is 0 Å². The molecule has 2 unspecified atom stereocenters. The van der Waals surface area contributed by atoms with Gasteiger partial charge in [0, 0.05) is 38.3 Å². The van der Waals surface area contributed by atoms with Crippen molar-refractivity contribution in [1.82, 2.24) is 15.5 Å². The van der Waals surface area contributed by atoms with Crippen molar-refractivity contribution < 1.29 is 0 Å². The topological polar surface area (TPSA) is 27.3 Å². The molecular weight excluding hydrogens is 186 g/mol. The van der Waals surface area contributed by atoms with E-state index in [0.717, 1.165) is 19.0 Å². The van der Waals surface area contributed by atoms with E-state index in [-0.39, 0.29) is 0 Å². The molecule has 1 rings (SSSR count). The highest BCUT2D eigenvalue weighted by atomic mass is 15.2. The molecule has 0 bridgehead atoms. The monoisotopic (exact) mass is 213 g/mol. The molecule has 15 heavy (non-hydrogen) atoms. The molecule has 3 heteroatoms. The first-order valence-electron chi connectivity index (χ1n) is 6.27. The quantitative estimate of drug-likeness (QED) is 0.711. The molecule has 0 saturated carbocycles. The molecule has 0 aliphatic carbocycles. The van der Waals surface area contributed by atoms with Crippen LogP contribution in [0.4, 0.5) is 0 Å². The molecule has 0 amide bonds. The molecule has 1 saturated heterocycles. The largest absolute Gasteiger partial charge is 0.317 e. The lowest BCUT2D eigenvalue weighted by Crippen LogP contribution is -2.49. The van der Waals surface area contributed by atoms with Gasteiger partial charge in [0.25, 0.3) is 0 Å². The van der Waals surface area contributed by atoms with Crippen LogP contribution in [0.3, 0.4) is 0 Å². The van der Waals surface area contributed by atoms with Gasteiger partial charge >= 0.3 is 0 Å². The second kappa shape index (κ2) is 6.46. The SMILES string of the molecule is CNC(CC(C)N1CCNCC1)C(C)C. The Kier molecular flexibility index (Phi) is 5.58. The number of rotatable bonds is 5. The second-order valence-corrected chi connectivity index (χ2v) is 5.01. The number of hydrogen-bond acceptors (Lipinski definition) is 3. The molecule has 0 aromatic carbocycles. The fourth-order valence-electron chi connectivity index (χ4n) is 2.36. The van der Waals surface area contributed by atoms with E-state index < -0.39 is 0 Å². The first-order chi connectivity index (χ1) is 7.15. The second-order valence-electron chi connectivity index (χ2n) is 5.01. The normalized spacial score (nSPS) is 23.0. The standard InChI is InChI=1S/C12H27N3/c1-10(2)12(13-4)9-11(3)15-7-5-14-6-8-15/h10-14H,5-9H2,1-4H3. The minimum absolute atomic E-state index is 0.648. The Labute approximate surface area is 94.6 Å². The summed E-state index contributed by atoms with van der Waals surface area (Å²) < 4.78 is 0. The van der Waals surface area contributed by atoms with E-state index in [9.17, 15) is 0 Å². The number of hydrogen-bond donors (Lipinski definition) is 2. The lowest BCUT2D eigenvalue weighted by Gasteiger charge is -2.35. The molecule has 0 radical (unpaired) electrons. The summed E-state index contributed by atoms with van der Waals surface area (Å²) in [5.41, 5.74) is 0. The lowest BCUT2D eigenvalue weighted by molar-refractivity contribution is 0.159. The van der Waals surface area contributed by atoms with Crippen LogP contribution in [0.2, 0.25) is 0 Å². The van der Waals surface area contributed by atoms with Crippen LogP contribution in [0.15, 0.2) is 0 Å². The van der Waals surface area contributed by atoms with E-state index in [2.05, 4.69) is 43.4 Å². The summed E-state index contributed by atoms with van der Waals surface area (Å²) in [5.74, 6) is 0.723. The maximum absolute atomic E-state index is 3.43. The third-order valence-corrected chi connectivity index (χ3v) is 3.55. The van der Waals surface area contributed by atoms with E-state index in [0.29, 0.717) is 12.1 Å². The summed E-state index contributed by atoms with van der Waals surface area (Å²) in [6, 6.07) is 1.35. The number of nitrogens with one attached hydrogen (secondary N) is 2. The highest BCUT2D eigenvalue weighted by molar-refractivity contribution is 4.79. The molecule has 1 aliphatic heterocycles. The van der Waals surface area contributed by atoms with Crippen molar-refractivity contribution in [2.45, 2.75) is 39.3 Å². The molecule has 0 aromatic rings. The van der Waals surface area contributed by atoms with E-state index in [1.165, 1.54) is 19.5 Å². The number of nitrogens with zero attached hydrogens (tertiary/aromatic N) is 1. The van der Waals surface area contributed by atoms with Gasteiger partial charge < -0.3 is 10.6 Å². The zero-order valence-electron chi connectivity index (χ0n) is 10.7. The van der Waals surface area contributed by atoms with Gasteiger partial charge in [-0.1, -0.05) is 13.8 Å². The van der Waals surface area contributed by atoms with Gasteiger partial charge in [-0.3, -0.25) is 4.90 Å². The Morgan fingerprint density at radius 3 is 2.27 bits per heavy atom. The van der Waals surface area contributed by atoms with Crippen molar-refractivity contribution in [2.24, 2.45) is 5.92 Å². The van der Waals surface area contributed by atoms with E-state index in [1.807, 2.05) is 0 Å². The summed E-state index contributed by atoms with van der Waals surface area (Å²) in [4.78, 5) is 2.60. The van der Waals surface area contributed by atoms with Crippen molar-refractivity contribution in [2.75, 3.05) is 33.2 Å². The lowest BCUT2D eigenvalue weighted by atomic mass is 9.96. The van der Waals surface area contributed by atoms with Crippen LogP contribution in [0.25, 0.3) is 0 Å². The third kappa shape index (κ3) is 4.09. The van der Waals surface area contributed by atoms with Gasteiger partial charge in [-0.25, -0.2) is 0 Å². The molecule has 1 aliphatic rings. The van der Waals surface area contributed by atoms with Gasteiger partial charge in [0.1, 0.15) is 0 Å². The van der Waals surface area contributed by atoms with Gasteiger partial charge in [-0.2, -0.15) is 0 Å².